The van der Waals surface area contributed by atoms with Crippen LogP contribution in [0.2, 0.25) is 0 Å². The largest absolute Gasteiger partial charge is 0.491 e. The van der Waals surface area contributed by atoms with Crippen LogP contribution in [0.25, 0.3) is 0 Å². The fourth-order valence-electron chi connectivity index (χ4n) is 3.37. The minimum Gasteiger partial charge on any atom is -0.491 e. The number of nitrogen functional groups attached to an aromatic ring is 1. The van der Waals surface area contributed by atoms with E-state index in [4.69, 9.17) is 19.6 Å². The lowest BCUT2D eigenvalue weighted by Crippen LogP contribution is -2.10. The van der Waals surface area contributed by atoms with Gasteiger partial charge in [-0.15, -0.1) is 10.2 Å². The predicted molar refractivity (Wildman–Crippen MR) is 152 cm³/mol. The fourth-order valence-corrected chi connectivity index (χ4v) is 4.98. The number of carbonyl (C=O) groups excluding carboxylic acids is 1. The van der Waals surface area contributed by atoms with Crippen LogP contribution in [0.5, 0.6) is 5.75 Å². The van der Waals surface area contributed by atoms with Gasteiger partial charge in [0.15, 0.2) is 0 Å². The highest BCUT2D eigenvalue weighted by Crippen LogP contribution is 2.37. The highest BCUT2D eigenvalue weighted by atomic mass is 32.2. The lowest BCUT2D eigenvalue weighted by atomic mass is 10.2. The van der Waals surface area contributed by atoms with Gasteiger partial charge in [0.05, 0.1) is 28.6 Å². The summed E-state index contributed by atoms with van der Waals surface area (Å²) in [4.78, 5) is 10.7. The summed E-state index contributed by atoms with van der Waals surface area (Å²) in [6, 6.07) is 11.1. The van der Waals surface area contributed by atoms with Gasteiger partial charge in [0.1, 0.15) is 22.0 Å². The summed E-state index contributed by atoms with van der Waals surface area (Å²) < 4.78 is 102. The summed E-state index contributed by atoms with van der Waals surface area (Å²) in [5.41, 5.74) is 6.22. The molecule has 0 atom stereocenters. The molecule has 3 aromatic rings. The first-order valence-corrected chi connectivity index (χ1v) is 16.1. The van der Waals surface area contributed by atoms with Crippen LogP contribution in [-0.4, -0.2) is 57.2 Å². The van der Waals surface area contributed by atoms with Crippen LogP contribution >= 0.6 is 0 Å². The second kappa shape index (κ2) is 12.8. The molecule has 3 rings (SSSR count). The summed E-state index contributed by atoms with van der Waals surface area (Å²) in [7, 11) is -13.4. The Morgan fingerprint density at radius 3 is 2.05 bits per heavy atom. The molecule has 19 heteroatoms. The number of nitrogens with one attached hydrogen (secondary N) is 2. The Morgan fingerprint density at radius 2 is 1.48 bits per heavy atom. The van der Waals surface area contributed by atoms with Crippen molar-refractivity contribution in [3.63, 3.8) is 0 Å². The number of anilines is 4. The zero-order valence-corrected chi connectivity index (χ0v) is 24.1. The van der Waals surface area contributed by atoms with E-state index in [1.165, 1.54) is 43.3 Å². The van der Waals surface area contributed by atoms with Crippen molar-refractivity contribution in [1.29, 1.82) is 0 Å². The molecule has 42 heavy (non-hydrogen) atoms. The number of amides is 1. The van der Waals surface area contributed by atoms with Crippen LogP contribution in [0.15, 0.2) is 74.6 Å². The molecule has 0 saturated carbocycles. The van der Waals surface area contributed by atoms with E-state index in [0.717, 1.165) is 18.2 Å². The Kier molecular flexibility index (Phi) is 9.86. The zero-order valence-electron chi connectivity index (χ0n) is 21.6. The lowest BCUT2D eigenvalue weighted by Gasteiger charge is -2.13. The van der Waals surface area contributed by atoms with Crippen LogP contribution < -0.4 is 21.1 Å². The Balaban J connectivity index is 1.94. The minimum atomic E-state index is -4.84. The average molecular weight is 644 g/mol. The molecule has 0 aliphatic carbocycles. The number of hydrogen-bond acceptors (Lipinski definition) is 12. The number of ether oxygens (including phenoxy) is 1. The summed E-state index contributed by atoms with van der Waals surface area (Å²) in [5.74, 6) is -1.02. The SMILES string of the molecule is CC(=O)Nc1cc(N)c(OCCCS(=O)(=O)O)cc1N=Nc1ccc(Nc2ccc(S(=O)(=O)O)cc2)cc1S(=O)(=O)O. The van der Waals surface area contributed by atoms with E-state index in [1.54, 1.807) is 0 Å². The zero-order chi connectivity index (χ0) is 31.3. The number of hydrogen-bond donors (Lipinski definition) is 6. The van der Waals surface area contributed by atoms with Crippen molar-refractivity contribution >= 4 is 70.4 Å². The maximum Gasteiger partial charge on any atom is 0.296 e. The monoisotopic (exact) mass is 643 g/mol. The molecule has 1 amide bonds. The van der Waals surface area contributed by atoms with E-state index >= 15 is 0 Å². The van der Waals surface area contributed by atoms with Crippen LogP contribution in [0, 0.1) is 0 Å². The molecule has 3 aromatic carbocycles. The second-order valence-corrected chi connectivity index (χ2v) is 12.9. The van der Waals surface area contributed by atoms with Gasteiger partial charge >= 0.3 is 0 Å². The van der Waals surface area contributed by atoms with Crippen molar-refractivity contribution in [2.75, 3.05) is 28.7 Å². The van der Waals surface area contributed by atoms with Crippen LogP contribution in [0.1, 0.15) is 13.3 Å². The van der Waals surface area contributed by atoms with Gasteiger partial charge in [-0.3, -0.25) is 18.5 Å². The molecule has 0 unspecified atom stereocenters. The second-order valence-electron chi connectivity index (χ2n) is 8.56. The number of nitrogens with zero attached hydrogens (tertiary/aromatic N) is 2. The Bertz CT molecular complexity index is 1840. The molecule has 16 nitrogen and oxygen atoms in total. The van der Waals surface area contributed by atoms with Gasteiger partial charge in [-0.2, -0.15) is 25.3 Å². The molecule has 0 heterocycles. The van der Waals surface area contributed by atoms with Gasteiger partial charge in [-0.1, -0.05) is 0 Å². The average Bonchev–Trinajstić information content (AvgIpc) is 2.85. The molecule has 0 fully saturated rings. The van der Waals surface area contributed by atoms with Gasteiger partial charge in [0, 0.05) is 24.4 Å². The maximum atomic E-state index is 12.1. The van der Waals surface area contributed by atoms with Gasteiger partial charge in [-0.25, -0.2) is 0 Å². The Labute approximate surface area is 240 Å². The fraction of sp³-hybridized carbons (Fsp3) is 0.174. The normalized spacial score (nSPS) is 12.3. The van der Waals surface area contributed by atoms with Gasteiger partial charge in [0.25, 0.3) is 30.4 Å². The van der Waals surface area contributed by atoms with Crippen molar-refractivity contribution in [2.45, 2.75) is 23.1 Å². The van der Waals surface area contributed by atoms with Crippen LogP contribution in [0.3, 0.4) is 0 Å². The number of nitrogens with two attached hydrogens (primary N) is 1. The molecule has 0 aliphatic heterocycles. The molecule has 226 valence electrons. The standard InChI is InChI=1S/C23H25N5O11S3/c1-14(29)25-20-12-18(24)22(39-9-2-10-40(30,31)32)13-21(20)28-27-19-8-5-16(11-23(19)42(36,37)38)26-15-3-6-17(7-4-15)41(33,34)35/h3-8,11-13,26H,2,9-10,24H2,1H3,(H,25,29)(H,30,31,32)(H,33,34,35)(H,36,37,38). The molecule has 0 saturated heterocycles. The third kappa shape index (κ3) is 9.46. The summed E-state index contributed by atoms with van der Waals surface area (Å²) in [5, 5.41) is 13.2. The van der Waals surface area contributed by atoms with Crippen LogP contribution in [0.4, 0.5) is 34.1 Å². The van der Waals surface area contributed by atoms with E-state index in [-0.39, 0.29) is 52.1 Å². The molecule has 0 bridgehead atoms. The first kappa shape index (κ1) is 32.4. The van der Waals surface area contributed by atoms with Crippen molar-refractivity contribution < 1.29 is 48.4 Å². The molecule has 0 spiro atoms. The van der Waals surface area contributed by atoms with Gasteiger partial charge in [-0.05, 0) is 55.0 Å². The van der Waals surface area contributed by atoms with Gasteiger partial charge < -0.3 is 21.1 Å². The van der Waals surface area contributed by atoms with E-state index in [9.17, 15) is 34.6 Å². The van der Waals surface area contributed by atoms with E-state index in [1.807, 2.05) is 0 Å². The van der Waals surface area contributed by atoms with Crippen molar-refractivity contribution in [3.8, 4) is 5.75 Å². The molecule has 0 aromatic heterocycles. The summed E-state index contributed by atoms with van der Waals surface area (Å²) >= 11 is 0. The summed E-state index contributed by atoms with van der Waals surface area (Å²) in [6.45, 7) is 1.06. The molecule has 7 N–H and O–H groups in total. The van der Waals surface area contributed by atoms with Gasteiger partial charge in [0.2, 0.25) is 5.91 Å². The predicted octanol–water partition coefficient (Wildman–Crippen LogP) is 3.54. The number of rotatable bonds is 12. The molecule has 0 aliphatic rings. The number of azo groups is 1. The van der Waals surface area contributed by atoms with Crippen molar-refractivity contribution in [2.24, 2.45) is 10.2 Å². The summed E-state index contributed by atoms with van der Waals surface area (Å²) in [6.07, 6.45) is -0.0641. The van der Waals surface area contributed by atoms with Crippen LogP contribution in [-0.2, 0) is 35.1 Å². The maximum absolute atomic E-state index is 12.1. The first-order valence-electron chi connectivity index (χ1n) is 11.6. The molecular formula is C23H25N5O11S3. The Hall–Kier alpha value is -4.14. The van der Waals surface area contributed by atoms with Crippen molar-refractivity contribution in [3.05, 3.63) is 54.6 Å². The van der Waals surface area contributed by atoms with E-state index in [0.29, 0.717) is 5.69 Å². The third-order valence-electron chi connectivity index (χ3n) is 5.19. The third-order valence-corrected chi connectivity index (χ3v) is 7.74. The number of carbonyl (C=O) groups is 1. The van der Waals surface area contributed by atoms with E-state index < -0.39 is 46.9 Å². The highest BCUT2D eigenvalue weighted by molar-refractivity contribution is 7.86. The minimum absolute atomic E-state index is 0.0305. The van der Waals surface area contributed by atoms with Crippen molar-refractivity contribution in [1.82, 2.24) is 0 Å². The van der Waals surface area contributed by atoms with E-state index in [2.05, 4.69) is 20.9 Å². The quantitative estimate of drug-likeness (QED) is 0.0714. The Morgan fingerprint density at radius 1 is 0.857 bits per heavy atom. The number of benzene rings is 3. The topological polar surface area (TPSA) is 264 Å². The smallest absolute Gasteiger partial charge is 0.296 e. The molecule has 0 radical (unpaired) electrons. The lowest BCUT2D eigenvalue weighted by molar-refractivity contribution is -0.114. The molecular weight excluding hydrogens is 618 g/mol. The highest BCUT2D eigenvalue weighted by Gasteiger charge is 2.18. The first-order chi connectivity index (χ1) is 19.4.